The second kappa shape index (κ2) is 6.94. The van der Waals surface area contributed by atoms with E-state index in [1.54, 1.807) is 6.92 Å². The number of nitrogens with zero attached hydrogens (tertiary/aromatic N) is 2. The average molecular weight is 390 g/mol. The molecule has 0 bridgehead atoms. The van der Waals surface area contributed by atoms with Crippen molar-refractivity contribution in [1.82, 2.24) is 19.6 Å². The fourth-order valence-electron chi connectivity index (χ4n) is 3.27. The minimum Gasteiger partial charge on any atom is -0.295 e. The van der Waals surface area contributed by atoms with Gasteiger partial charge in [-0.05, 0) is 55.8 Å². The standard InChI is InChI=1S/C22H19FN4O2/c1-13-6-4-5-7-20(13)27-22(29)19(15(3)25-27)12-18-14(2)24-26(21(18)28)17-10-8-16(23)9-11-17/h4-12,24-25H,2H2,1,3H3/b18-12-. The monoisotopic (exact) mass is 390 g/mol. The van der Waals surface area contributed by atoms with Gasteiger partial charge in [0.2, 0.25) is 0 Å². The smallest absolute Gasteiger partial charge is 0.279 e. The highest BCUT2D eigenvalue weighted by Gasteiger charge is 2.13. The van der Waals surface area contributed by atoms with Crippen molar-refractivity contribution in [2.45, 2.75) is 13.8 Å². The van der Waals surface area contributed by atoms with Crippen LogP contribution in [-0.4, -0.2) is 19.6 Å². The van der Waals surface area contributed by atoms with Crippen molar-refractivity contribution in [3.63, 3.8) is 0 Å². The number of para-hydroxylation sites is 1. The molecule has 0 atom stereocenters. The van der Waals surface area contributed by atoms with Crippen LogP contribution in [0.5, 0.6) is 0 Å². The number of benzene rings is 2. The molecule has 0 fully saturated rings. The number of aromatic nitrogens is 4. The van der Waals surface area contributed by atoms with Gasteiger partial charge in [-0.1, -0.05) is 24.8 Å². The van der Waals surface area contributed by atoms with Gasteiger partial charge in [0, 0.05) is 5.69 Å². The Kier molecular flexibility index (Phi) is 4.43. The van der Waals surface area contributed by atoms with Crippen LogP contribution in [0.4, 0.5) is 4.39 Å². The number of hydrogen-bond acceptors (Lipinski definition) is 2. The second-order valence-electron chi connectivity index (χ2n) is 6.84. The number of H-pyrrole nitrogens is 2. The van der Waals surface area contributed by atoms with Crippen LogP contribution >= 0.6 is 0 Å². The number of aromatic amines is 2. The second-order valence-corrected chi connectivity index (χ2v) is 6.84. The predicted octanol–water partition coefficient (Wildman–Crippen LogP) is 1.64. The molecule has 2 aromatic heterocycles. The molecule has 2 aromatic carbocycles. The number of halogens is 1. The van der Waals surface area contributed by atoms with E-state index < -0.39 is 5.82 Å². The van der Waals surface area contributed by atoms with E-state index in [9.17, 15) is 14.0 Å². The Morgan fingerprint density at radius 2 is 1.62 bits per heavy atom. The van der Waals surface area contributed by atoms with Crippen molar-refractivity contribution >= 4 is 12.7 Å². The van der Waals surface area contributed by atoms with Crippen molar-refractivity contribution in [3.05, 3.63) is 102 Å². The largest absolute Gasteiger partial charge is 0.295 e. The molecule has 0 saturated carbocycles. The van der Waals surface area contributed by atoms with Crippen molar-refractivity contribution in [1.29, 1.82) is 0 Å². The lowest BCUT2D eigenvalue weighted by atomic mass is 10.2. The van der Waals surface area contributed by atoms with Gasteiger partial charge in [0.05, 0.1) is 27.5 Å². The quantitative estimate of drug-likeness (QED) is 0.558. The molecule has 4 rings (SSSR count). The molecule has 2 N–H and O–H groups in total. The summed E-state index contributed by atoms with van der Waals surface area (Å²) in [7, 11) is 0. The summed E-state index contributed by atoms with van der Waals surface area (Å²) < 4.78 is 15.9. The molecule has 0 saturated heterocycles. The molecule has 2 heterocycles. The van der Waals surface area contributed by atoms with Gasteiger partial charge >= 0.3 is 0 Å². The minimum absolute atomic E-state index is 0.259. The zero-order valence-corrected chi connectivity index (χ0v) is 16.0. The Morgan fingerprint density at radius 3 is 2.31 bits per heavy atom. The molecule has 0 spiro atoms. The molecular weight excluding hydrogens is 371 g/mol. The summed E-state index contributed by atoms with van der Waals surface area (Å²) in [5, 5.41) is 6.57. The third-order valence-electron chi connectivity index (χ3n) is 4.85. The molecule has 0 radical (unpaired) electrons. The Hall–Kier alpha value is -3.87. The van der Waals surface area contributed by atoms with Crippen molar-refractivity contribution in [3.8, 4) is 11.4 Å². The van der Waals surface area contributed by atoms with Gasteiger partial charge in [0.15, 0.2) is 0 Å². The van der Waals surface area contributed by atoms with Gasteiger partial charge in [-0.3, -0.25) is 19.8 Å². The normalized spacial score (nSPS) is 11.9. The van der Waals surface area contributed by atoms with E-state index in [1.807, 2.05) is 31.2 Å². The molecule has 146 valence electrons. The van der Waals surface area contributed by atoms with Crippen LogP contribution in [-0.2, 0) is 0 Å². The summed E-state index contributed by atoms with van der Waals surface area (Å²) in [5.74, 6) is -0.394. The lowest BCUT2D eigenvalue weighted by Crippen LogP contribution is -2.34. The van der Waals surface area contributed by atoms with Crippen LogP contribution in [0.25, 0.3) is 24.0 Å². The van der Waals surface area contributed by atoms with E-state index in [-0.39, 0.29) is 16.3 Å². The van der Waals surface area contributed by atoms with Crippen LogP contribution in [0.1, 0.15) is 16.8 Å². The molecule has 0 unspecified atom stereocenters. The summed E-state index contributed by atoms with van der Waals surface area (Å²) in [5.41, 5.74) is 2.54. The molecule has 29 heavy (non-hydrogen) atoms. The lowest BCUT2D eigenvalue weighted by molar-refractivity contribution is 0.627. The van der Waals surface area contributed by atoms with Gasteiger partial charge < -0.3 is 0 Å². The molecule has 4 aromatic rings. The van der Waals surface area contributed by atoms with Crippen LogP contribution < -0.4 is 21.7 Å². The number of rotatable bonds is 3. The van der Waals surface area contributed by atoms with Crippen LogP contribution in [0, 0.1) is 19.7 Å². The van der Waals surface area contributed by atoms with E-state index in [0.717, 1.165) is 11.3 Å². The van der Waals surface area contributed by atoms with E-state index >= 15 is 0 Å². The molecule has 0 aliphatic carbocycles. The maximum Gasteiger partial charge on any atom is 0.279 e. The van der Waals surface area contributed by atoms with Gasteiger partial charge in [-0.2, -0.15) is 0 Å². The topological polar surface area (TPSA) is 75.6 Å². The Labute approximate surface area is 164 Å². The Bertz CT molecular complexity index is 1440. The maximum absolute atomic E-state index is 13.2. The van der Waals surface area contributed by atoms with Gasteiger partial charge in [0.25, 0.3) is 11.1 Å². The van der Waals surface area contributed by atoms with Crippen molar-refractivity contribution in [2.75, 3.05) is 0 Å². The third-order valence-corrected chi connectivity index (χ3v) is 4.85. The van der Waals surface area contributed by atoms with Crippen molar-refractivity contribution < 1.29 is 4.39 Å². The van der Waals surface area contributed by atoms with E-state index in [1.165, 1.54) is 39.7 Å². The summed E-state index contributed by atoms with van der Waals surface area (Å²) in [6, 6.07) is 13.0. The molecule has 0 amide bonds. The van der Waals surface area contributed by atoms with E-state index in [4.69, 9.17) is 0 Å². The molecule has 0 aliphatic heterocycles. The zero-order chi connectivity index (χ0) is 20.7. The van der Waals surface area contributed by atoms with Gasteiger partial charge in [-0.25, -0.2) is 13.8 Å². The molecule has 7 heteroatoms. The number of aryl methyl sites for hydroxylation is 2. The minimum atomic E-state index is -0.394. The highest BCUT2D eigenvalue weighted by molar-refractivity contribution is 5.53. The van der Waals surface area contributed by atoms with Crippen LogP contribution in [0.3, 0.4) is 0 Å². The Morgan fingerprint density at radius 1 is 0.931 bits per heavy atom. The first-order valence-corrected chi connectivity index (χ1v) is 9.02. The number of nitrogens with one attached hydrogen (secondary N) is 2. The fourth-order valence-corrected chi connectivity index (χ4v) is 3.27. The SMILES string of the molecule is C=c1[nH]n(-c2ccc(F)cc2)c(=O)/c1=C\c1c(C)[nH]n(-c2ccccc2C)c1=O. The van der Waals surface area contributed by atoms with E-state index in [2.05, 4.69) is 16.8 Å². The van der Waals surface area contributed by atoms with Crippen LogP contribution in [0.15, 0.2) is 58.1 Å². The predicted molar refractivity (Wildman–Crippen MR) is 111 cm³/mol. The van der Waals surface area contributed by atoms with Gasteiger partial charge in [0.1, 0.15) is 5.82 Å². The third kappa shape index (κ3) is 3.16. The molecular formula is C22H19FN4O2. The average Bonchev–Trinajstić information content (AvgIpc) is 3.14. The summed E-state index contributed by atoms with van der Waals surface area (Å²) in [6.07, 6.45) is 1.53. The highest BCUT2D eigenvalue weighted by atomic mass is 19.1. The fraction of sp³-hybridized carbons (Fsp3) is 0.0909. The van der Waals surface area contributed by atoms with Crippen LogP contribution in [0.2, 0.25) is 0 Å². The molecule has 0 aliphatic rings. The summed E-state index contributed by atoms with van der Waals surface area (Å²) in [6.45, 7) is 7.57. The first-order valence-electron chi connectivity index (χ1n) is 9.02. The highest BCUT2D eigenvalue weighted by Crippen LogP contribution is 2.12. The summed E-state index contributed by atoms with van der Waals surface area (Å²) in [4.78, 5) is 25.9. The maximum atomic E-state index is 13.2. The Balaban J connectivity index is 1.90. The lowest BCUT2D eigenvalue weighted by Gasteiger charge is -2.04. The van der Waals surface area contributed by atoms with Gasteiger partial charge in [-0.15, -0.1) is 0 Å². The first kappa shape index (κ1) is 18.5. The first-order chi connectivity index (χ1) is 13.9. The zero-order valence-electron chi connectivity index (χ0n) is 16.0. The van der Waals surface area contributed by atoms with E-state index in [0.29, 0.717) is 22.3 Å². The van der Waals surface area contributed by atoms with Crippen molar-refractivity contribution in [2.24, 2.45) is 0 Å². The number of hydrogen-bond donors (Lipinski definition) is 2. The molecule has 6 nitrogen and oxygen atoms in total. The summed E-state index contributed by atoms with van der Waals surface area (Å²) >= 11 is 0.